The van der Waals surface area contributed by atoms with E-state index in [4.69, 9.17) is 0 Å². The SMILES string of the molecule is C[C@@H](O)c1cc([N+](=O)[O-])c(Sc2ncccn2)s1. The van der Waals surface area contributed by atoms with E-state index >= 15 is 0 Å². The number of aromatic nitrogens is 2. The van der Waals surface area contributed by atoms with E-state index in [9.17, 15) is 15.2 Å². The lowest BCUT2D eigenvalue weighted by Gasteiger charge is -1.96. The fourth-order valence-corrected chi connectivity index (χ4v) is 3.31. The van der Waals surface area contributed by atoms with Crippen molar-refractivity contribution < 1.29 is 10.0 Å². The Morgan fingerprint density at radius 3 is 2.72 bits per heavy atom. The molecule has 0 amide bonds. The van der Waals surface area contributed by atoms with Crippen LogP contribution < -0.4 is 0 Å². The van der Waals surface area contributed by atoms with Crippen molar-refractivity contribution in [1.29, 1.82) is 0 Å². The number of nitro groups is 1. The van der Waals surface area contributed by atoms with Gasteiger partial charge in [0.15, 0.2) is 5.16 Å². The number of aliphatic hydroxyl groups excluding tert-OH is 1. The summed E-state index contributed by atoms with van der Waals surface area (Å²) in [4.78, 5) is 19.0. The molecule has 0 bridgehead atoms. The summed E-state index contributed by atoms with van der Waals surface area (Å²) in [5.41, 5.74) is -0.0200. The summed E-state index contributed by atoms with van der Waals surface area (Å²) in [6.07, 6.45) is 2.43. The number of rotatable bonds is 4. The van der Waals surface area contributed by atoms with Crippen molar-refractivity contribution in [3.8, 4) is 0 Å². The van der Waals surface area contributed by atoms with Gasteiger partial charge in [0.2, 0.25) is 0 Å². The predicted octanol–water partition coefficient (Wildman–Crippen LogP) is 2.65. The molecule has 8 heteroatoms. The Hall–Kier alpha value is -1.51. The molecule has 0 aliphatic carbocycles. The van der Waals surface area contributed by atoms with Gasteiger partial charge in [-0.3, -0.25) is 10.1 Å². The van der Waals surface area contributed by atoms with Gasteiger partial charge in [-0.1, -0.05) is 0 Å². The van der Waals surface area contributed by atoms with Crippen LogP contribution in [0, 0.1) is 10.1 Å². The smallest absolute Gasteiger partial charge is 0.294 e. The van der Waals surface area contributed by atoms with E-state index in [0.29, 0.717) is 14.2 Å². The van der Waals surface area contributed by atoms with Crippen molar-refractivity contribution in [1.82, 2.24) is 9.97 Å². The van der Waals surface area contributed by atoms with Gasteiger partial charge < -0.3 is 5.11 Å². The predicted molar refractivity (Wildman–Crippen MR) is 67.8 cm³/mol. The summed E-state index contributed by atoms with van der Waals surface area (Å²) in [6.45, 7) is 1.57. The van der Waals surface area contributed by atoms with Crippen LogP contribution in [0.1, 0.15) is 17.9 Å². The van der Waals surface area contributed by atoms with Crippen molar-refractivity contribution in [2.45, 2.75) is 22.4 Å². The van der Waals surface area contributed by atoms with Crippen molar-refractivity contribution in [2.75, 3.05) is 0 Å². The van der Waals surface area contributed by atoms with Crippen LogP contribution in [0.2, 0.25) is 0 Å². The molecule has 2 rings (SSSR count). The Labute approximate surface area is 111 Å². The summed E-state index contributed by atoms with van der Waals surface area (Å²) < 4.78 is 0.474. The molecule has 0 fully saturated rings. The highest BCUT2D eigenvalue weighted by Gasteiger charge is 2.22. The summed E-state index contributed by atoms with van der Waals surface area (Å²) in [5, 5.41) is 20.8. The van der Waals surface area contributed by atoms with E-state index in [0.717, 1.165) is 11.8 Å². The summed E-state index contributed by atoms with van der Waals surface area (Å²) in [5.74, 6) is 0. The van der Waals surface area contributed by atoms with Gasteiger partial charge in [-0.15, -0.1) is 11.3 Å². The highest BCUT2D eigenvalue weighted by molar-refractivity contribution is 8.01. The number of hydrogen-bond acceptors (Lipinski definition) is 7. The number of thiophene rings is 1. The molecule has 0 spiro atoms. The second kappa shape index (κ2) is 5.42. The van der Waals surface area contributed by atoms with Gasteiger partial charge in [0.05, 0.1) is 11.0 Å². The van der Waals surface area contributed by atoms with Gasteiger partial charge in [0, 0.05) is 23.3 Å². The van der Waals surface area contributed by atoms with E-state index < -0.39 is 11.0 Å². The Morgan fingerprint density at radius 2 is 2.17 bits per heavy atom. The van der Waals surface area contributed by atoms with Gasteiger partial charge in [-0.2, -0.15) is 0 Å². The minimum Gasteiger partial charge on any atom is -0.388 e. The minimum atomic E-state index is -0.722. The normalized spacial score (nSPS) is 12.3. The zero-order valence-electron chi connectivity index (χ0n) is 9.31. The van der Waals surface area contributed by atoms with Crippen LogP contribution in [-0.4, -0.2) is 20.0 Å². The summed E-state index contributed by atoms with van der Waals surface area (Å²) >= 11 is 2.31. The van der Waals surface area contributed by atoms with Gasteiger partial charge in [0.1, 0.15) is 4.21 Å². The molecule has 2 aromatic heterocycles. The second-order valence-electron chi connectivity index (χ2n) is 3.39. The van der Waals surface area contributed by atoms with Crippen LogP contribution >= 0.6 is 23.1 Å². The van der Waals surface area contributed by atoms with E-state index in [1.54, 1.807) is 25.4 Å². The molecule has 0 unspecified atom stereocenters. The number of hydrogen-bond donors (Lipinski definition) is 1. The lowest BCUT2D eigenvalue weighted by molar-refractivity contribution is -0.387. The molecule has 0 saturated heterocycles. The molecule has 1 N–H and O–H groups in total. The third-order valence-electron chi connectivity index (χ3n) is 2.03. The number of nitrogens with zero attached hydrogens (tertiary/aromatic N) is 3. The monoisotopic (exact) mass is 283 g/mol. The standard InChI is InChI=1S/C10H9N3O3S2/c1-6(14)8-5-7(13(15)16)9(17-8)18-10-11-3-2-4-12-10/h2-6,14H,1H3/t6-/m1/s1. The van der Waals surface area contributed by atoms with E-state index in [1.807, 2.05) is 0 Å². The van der Waals surface area contributed by atoms with Gasteiger partial charge in [-0.25, -0.2) is 9.97 Å². The first-order chi connectivity index (χ1) is 8.58. The third-order valence-corrected chi connectivity index (χ3v) is 4.41. The topological polar surface area (TPSA) is 89.2 Å². The molecule has 0 radical (unpaired) electrons. The zero-order chi connectivity index (χ0) is 13.1. The van der Waals surface area contributed by atoms with E-state index in [1.165, 1.54) is 17.4 Å². The van der Waals surface area contributed by atoms with Crippen LogP contribution in [0.4, 0.5) is 5.69 Å². The first-order valence-electron chi connectivity index (χ1n) is 4.99. The molecular formula is C10H9N3O3S2. The Bertz CT molecular complexity index is 557. The first kappa shape index (κ1) is 12.9. The zero-order valence-corrected chi connectivity index (χ0v) is 10.9. The minimum absolute atomic E-state index is 0.0200. The fraction of sp³-hybridized carbons (Fsp3) is 0.200. The average molecular weight is 283 g/mol. The fourth-order valence-electron chi connectivity index (χ4n) is 1.21. The van der Waals surface area contributed by atoms with Crippen molar-refractivity contribution in [3.05, 3.63) is 39.5 Å². The van der Waals surface area contributed by atoms with E-state index in [-0.39, 0.29) is 5.69 Å². The van der Waals surface area contributed by atoms with Crippen molar-refractivity contribution >= 4 is 28.8 Å². The highest BCUT2D eigenvalue weighted by Crippen LogP contribution is 2.41. The van der Waals surface area contributed by atoms with Crippen LogP contribution in [0.5, 0.6) is 0 Å². The summed E-state index contributed by atoms with van der Waals surface area (Å²) in [7, 11) is 0. The number of aliphatic hydroxyl groups is 1. The molecule has 2 aromatic rings. The first-order valence-corrected chi connectivity index (χ1v) is 6.62. The Balaban J connectivity index is 2.34. The van der Waals surface area contributed by atoms with Crippen LogP contribution in [0.25, 0.3) is 0 Å². The molecule has 18 heavy (non-hydrogen) atoms. The molecule has 0 saturated carbocycles. The van der Waals surface area contributed by atoms with Crippen LogP contribution in [-0.2, 0) is 0 Å². The van der Waals surface area contributed by atoms with Gasteiger partial charge in [-0.05, 0) is 24.8 Å². The molecule has 0 aliphatic rings. The van der Waals surface area contributed by atoms with Crippen LogP contribution in [0.15, 0.2) is 33.9 Å². The maximum atomic E-state index is 10.9. The van der Waals surface area contributed by atoms with Gasteiger partial charge in [0.25, 0.3) is 5.69 Å². The van der Waals surface area contributed by atoms with Crippen LogP contribution in [0.3, 0.4) is 0 Å². The maximum Gasteiger partial charge on any atom is 0.294 e. The molecule has 0 aromatic carbocycles. The largest absolute Gasteiger partial charge is 0.388 e. The molecule has 2 heterocycles. The molecule has 0 aliphatic heterocycles. The van der Waals surface area contributed by atoms with E-state index in [2.05, 4.69) is 9.97 Å². The summed E-state index contributed by atoms with van der Waals surface area (Å²) in [6, 6.07) is 3.06. The van der Waals surface area contributed by atoms with Crippen molar-refractivity contribution in [2.24, 2.45) is 0 Å². The molecule has 94 valence electrons. The Kier molecular flexibility index (Phi) is 3.90. The molecule has 6 nitrogen and oxygen atoms in total. The Morgan fingerprint density at radius 1 is 1.50 bits per heavy atom. The van der Waals surface area contributed by atoms with Gasteiger partial charge >= 0.3 is 0 Å². The maximum absolute atomic E-state index is 10.9. The second-order valence-corrected chi connectivity index (χ2v) is 5.71. The average Bonchev–Trinajstić information content (AvgIpc) is 2.74. The quantitative estimate of drug-likeness (QED) is 0.527. The lowest BCUT2D eigenvalue weighted by Crippen LogP contribution is -1.88. The lowest BCUT2D eigenvalue weighted by atomic mass is 10.3. The third kappa shape index (κ3) is 2.84. The van der Waals surface area contributed by atoms with Crippen molar-refractivity contribution in [3.63, 3.8) is 0 Å². The highest BCUT2D eigenvalue weighted by atomic mass is 32.2. The molecular weight excluding hydrogens is 274 g/mol. The molecule has 1 atom stereocenters.